The van der Waals surface area contributed by atoms with Crippen LogP contribution in [0.25, 0.3) is 22.2 Å². The zero-order valence-corrected chi connectivity index (χ0v) is 15.1. The molecule has 140 valence electrons. The van der Waals surface area contributed by atoms with E-state index in [0.29, 0.717) is 17.3 Å². The van der Waals surface area contributed by atoms with Crippen molar-refractivity contribution in [2.24, 2.45) is 13.0 Å². The Hall–Kier alpha value is -3.03. The second-order valence-electron chi connectivity index (χ2n) is 6.68. The third-order valence-electron chi connectivity index (χ3n) is 4.91. The van der Waals surface area contributed by atoms with Gasteiger partial charge in [0.25, 0.3) is 0 Å². The molecule has 1 N–H and O–H groups in total. The van der Waals surface area contributed by atoms with E-state index in [1.165, 1.54) is 13.2 Å². The number of aromatic nitrogens is 3. The van der Waals surface area contributed by atoms with Gasteiger partial charge in [0.05, 0.1) is 42.2 Å². The van der Waals surface area contributed by atoms with Gasteiger partial charge >= 0.3 is 0 Å². The number of carbonyl (C=O) groups excluding carboxylic acids is 1. The van der Waals surface area contributed by atoms with Crippen LogP contribution in [0.1, 0.15) is 12.0 Å². The van der Waals surface area contributed by atoms with Crippen LogP contribution in [0, 0.1) is 18.7 Å². The van der Waals surface area contributed by atoms with Crippen LogP contribution >= 0.6 is 0 Å². The van der Waals surface area contributed by atoms with E-state index in [1.54, 1.807) is 12.3 Å². The number of rotatable bonds is 4. The number of halogens is 2. The van der Waals surface area contributed by atoms with Gasteiger partial charge < -0.3 is 14.6 Å². The molecular weight excluding hydrogens is 354 g/mol. The van der Waals surface area contributed by atoms with E-state index < -0.39 is 17.9 Å². The molecular formula is C19H18F2N4O2. The van der Waals surface area contributed by atoms with Crippen LogP contribution in [0.4, 0.5) is 14.6 Å². The fraction of sp³-hybridized carbons (Fsp3) is 0.316. The van der Waals surface area contributed by atoms with E-state index in [1.807, 2.05) is 18.5 Å². The van der Waals surface area contributed by atoms with Crippen molar-refractivity contribution in [3.8, 4) is 17.1 Å². The van der Waals surface area contributed by atoms with Crippen molar-refractivity contribution in [3.05, 3.63) is 35.9 Å². The maximum atomic E-state index is 13.8. The lowest BCUT2D eigenvalue weighted by Gasteiger charge is -2.10. The first-order valence-electron chi connectivity index (χ1n) is 8.50. The molecule has 0 aliphatic heterocycles. The number of ether oxygens (including phenoxy) is 1. The maximum Gasteiger partial charge on any atom is 0.231 e. The van der Waals surface area contributed by atoms with Crippen molar-refractivity contribution in [3.63, 3.8) is 0 Å². The van der Waals surface area contributed by atoms with Crippen molar-refractivity contribution < 1.29 is 18.3 Å². The molecule has 3 heterocycles. The summed E-state index contributed by atoms with van der Waals surface area (Å²) < 4.78 is 34.0. The number of carbonyl (C=O) groups is 1. The first kappa shape index (κ1) is 17.4. The average Bonchev–Trinajstić information content (AvgIpc) is 3.33. The Balaban J connectivity index is 1.79. The van der Waals surface area contributed by atoms with Gasteiger partial charge in [-0.25, -0.2) is 18.7 Å². The van der Waals surface area contributed by atoms with Gasteiger partial charge in [-0.3, -0.25) is 4.79 Å². The van der Waals surface area contributed by atoms with E-state index in [-0.39, 0.29) is 12.3 Å². The molecule has 0 saturated heterocycles. The van der Waals surface area contributed by atoms with E-state index in [2.05, 4.69) is 15.3 Å². The molecule has 1 aliphatic rings. The topological polar surface area (TPSA) is 69.0 Å². The van der Waals surface area contributed by atoms with Gasteiger partial charge in [0.2, 0.25) is 11.8 Å². The van der Waals surface area contributed by atoms with Gasteiger partial charge in [-0.2, -0.15) is 0 Å². The molecule has 3 aromatic heterocycles. The molecule has 3 aromatic rings. The zero-order valence-electron chi connectivity index (χ0n) is 15.1. The van der Waals surface area contributed by atoms with Gasteiger partial charge in [-0.1, -0.05) is 0 Å². The second-order valence-corrected chi connectivity index (χ2v) is 6.68. The molecule has 0 aromatic carbocycles. The Bertz CT molecular complexity index is 1060. The van der Waals surface area contributed by atoms with Crippen LogP contribution in [-0.2, 0) is 11.8 Å². The van der Waals surface area contributed by atoms with E-state index >= 15 is 0 Å². The number of alkyl halides is 1. The van der Waals surface area contributed by atoms with Crippen molar-refractivity contribution in [2.75, 3.05) is 12.4 Å². The lowest BCUT2D eigenvalue weighted by atomic mass is 10.1. The SMILES string of the molecule is COc1ncc(F)cc1-c1c(C)c2cc(NC(=O)[C@@H]3C[C@@H]3F)ncc2n1C. The summed E-state index contributed by atoms with van der Waals surface area (Å²) in [6.07, 6.45) is 1.92. The number of methoxy groups -OCH3 is 1. The fourth-order valence-electron chi connectivity index (χ4n) is 3.38. The minimum Gasteiger partial charge on any atom is -0.481 e. The smallest absolute Gasteiger partial charge is 0.231 e. The van der Waals surface area contributed by atoms with Crippen molar-refractivity contribution in [2.45, 2.75) is 19.5 Å². The molecule has 0 bridgehead atoms. The molecule has 8 heteroatoms. The maximum absolute atomic E-state index is 13.8. The summed E-state index contributed by atoms with van der Waals surface area (Å²) in [5.74, 6) is -0.741. The normalized spacial score (nSPS) is 18.6. The number of hydrogen-bond acceptors (Lipinski definition) is 4. The van der Waals surface area contributed by atoms with Crippen LogP contribution in [0.5, 0.6) is 5.88 Å². The zero-order chi connectivity index (χ0) is 19.3. The van der Waals surface area contributed by atoms with Crippen LogP contribution in [-0.4, -0.2) is 33.7 Å². The van der Waals surface area contributed by atoms with Gasteiger partial charge in [-0.05, 0) is 31.0 Å². The second kappa shape index (κ2) is 6.29. The Morgan fingerprint density at radius 1 is 1.33 bits per heavy atom. The first-order chi connectivity index (χ1) is 12.9. The minimum absolute atomic E-state index is 0.259. The molecule has 1 fully saturated rings. The molecule has 1 amide bonds. The van der Waals surface area contributed by atoms with Crippen molar-refractivity contribution >= 4 is 22.6 Å². The highest BCUT2D eigenvalue weighted by Crippen LogP contribution is 2.38. The number of anilines is 1. The van der Waals surface area contributed by atoms with E-state index in [0.717, 1.165) is 28.4 Å². The molecule has 4 rings (SSSR count). The quantitative estimate of drug-likeness (QED) is 0.762. The molecule has 0 radical (unpaired) electrons. The highest BCUT2D eigenvalue weighted by molar-refractivity contribution is 5.98. The summed E-state index contributed by atoms with van der Waals surface area (Å²) in [5, 5.41) is 3.50. The Morgan fingerprint density at radius 2 is 2.07 bits per heavy atom. The molecule has 6 nitrogen and oxygen atoms in total. The summed E-state index contributed by atoms with van der Waals surface area (Å²) in [6, 6.07) is 3.11. The highest BCUT2D eigenvalue weighted by atomic mass is 19.1. The number of nitrogens with zero attached hydrogens (tertiary/aromatic N) is 3. The minimum atomic E-state index is -1.06. The summed E-state index contributed by atoms with van der Waals surface area (Å²) in [5.41, 5.74) is 2.94. The summed E-state index contributed by atoms with van der Waals surface area (Å²) in [6.45, 7) is 1.89. The van der Waals surface area contributed by atoms with Crippen LogP contribution in [0.15, 0.2) is 24.5 Å². The van der Waals surface area contributed by atoms with Gasteiger partial charge in [0.1, 0.15) is 17.8 Å². The highest BCUT2D eigenvalue weighted by Gasteiger charge is 2.43. The lowest BCUT2D eigenvalue weighted by Crippen LogP contribution is -2.15. The summed E-state index contributed by atoms with van der Waals surface area (Å²) in [7, 11) is 3.32. The standard InChI is InChI=1S/C19H18F2N4O2/c1-9-11-6-16(24-18(26)12-5-14(12)21)22-8-15(11)25(2)17(9)13-4-10(20)7-23-19(13)27-3/h4,6-8,12,14H,5H2,1-3H3,(H,22,24,26)/t12-,14+/m1/s1. The average molecular weight is 372 g/mol. The molecule has 27 heavy (non-hydrogen) atoms. The van der Waals surface area contributed by atoms with E-state index in [4.69, 9.17) is 4.74 Å². The van der Waals surface area contributed by atoms with Gasteiger partial charge in [0, 0.05) is 12.4 Å². The van der Waals surface area contributed by atoms with Gasteiger partial charge in [-0.15, -0.1) is 0 Å². The van der Waals surface area contributed by atoms with Crippen LogP contribution < -0.4 is 10.1 Å². The predicted octanol–water partition coefficient (Wildman–Crippen LogP) is 3.39. The molecule has 0 spiro atoms. The van der Waals surface area contributed by atoms with Crippen molar-refractivity contribution in [1.82, 2.24) is 14.5 Å². The van der Waals surface area contributed by atoms with Crippen LogP contribution in [0.2, 0.25) is 0 Å². The van der Waals surface area contributed by atoms with E-state index in [9.17, 15) is 13.6 Å². The monoisotopic (exact) mass is 372 g/mol. The fourth-order valence-corrected chi connectivity index (χ4v) is 3.38. The number of amides is 1. The molecule has 1 saturated carbocycles. The Morgan fingerprint density at radius 3 is 2.74 bits per heavy atom. The van der Waals surface area contributed by atoms with Gasteiger partial charge in [0.15, 0.2) is 0 Å². The number of pyridine rings is 2. The number of aryl methyl sites for hydroxylation is 2. The summed E-state index contributed by atoms with van der Waals surface area (Å²) >= 11 is 0. The summed E-state index contributed by atoms with van der Waals surface area (Å²) in [4.78, 5) is 20.2. The first-order valence-corrected chi connectivity index (χ1v) is 8.50. The third-order valence-corrected chi connectivity index (χ3v) is 4.91. The number of fused-ring (bicyclic) bond motifs is 1. The lowest BCUT2D eigenvalue weighted by molar-refractivity contribution is -0.117. The Labute approximate surface area is 154 Å². The van der Waals surface area contributed by atoms with Crippen molar-refractivity contribution in [1.29, 1.82) is 0 Å². The predicted molar refractivity (Wildman–Crippen MR) is 96.8 cm³/mol. The van der Waals surface area contributed by atoms with Crippen LogP contribution in [0.3, 0.4) is 0 Å². The number of nitrogens with one attached hydrogen (secondary N) is 1. The number of hydrogen-bond donors (Lipinski definition) is 1. The molecule has 2 atom stereocenters. The Kier molecular flexibility index (Phi) is 4.05. The largest absolute Gasteiger partial charge is 0.481 e. The third kappa shape index (κ3) is 2.90. The molecule has 1 aliphatic carbocycles. The molecule has 0 unspecified atom stereocenters.